The highest BCUT2D eigenvalue weighted by Crippen LogP contribution is 2.35. The average molecular weight is 489 g/mol. The number of aromatic nitrogens is 2. The molecule has 8 nitrogen and oxygen atoms in total. The number of halogens is 1. The number of hydrogen-bond donors (Lipinski definition) is 0. The molecule has 33 heavy (non-hydrogen) atoms. The summed E-state index contributed by atoms with van der Waals surface area (Å²) in [7, 11) is -3.39. The van der Waals surface area contributed by atoms with Crippen LogP contribution >= 0.6 is 11.6 Å². The van der Waals surface area contributed by atoms with Crippen LogP contribution in [0.15, 0.2) is 46.9 Å². The molecule has 0 saturated heterocycles. The van der Waals surface area contributed by atoms with Crippen LogP contribution < -0.4 is 4.31 Å². The molecule has 1 aliphatic rings. The molecule has 4 rings (SSSR count). The van der Waals surface area contributed by atoms with Crippen LogP contribution in [0.4, 0.5) is 5.69 Å². The van der Waals surface area contributed by atoms with Gasteiger partial charge in [-0.15, -0.1) is 10.2 Å². The van der Waals surface area contributed by atoms with Crippen LogP contribution in [-0.4, -0.2) is 47.8 Å². The van der Waals surface area contributed by atoms with E-state index >= 15 is 0 Å². The van der Waals surface area contributed by atoms with Crippen LogP contribution in [-0.2, 0) is 23.0 Å². The highest BCUT2D eigenvalue weighted by Gasteiger charge is 2.33. The maximum absolute atomic E-state index is 13.4. The number of carbonyl (C=O) groups is 1. The van der Waals surface area contributed by atoms with Crippen molar-refractivity contribution in [2.45, 2.75) is 45.8 Å². The molecule has 1 amide bonds. The molecule has 0 fully saturated rings. The zero-order valence-corrected chi connectivity index (χ0v) is 20.4. The first-order chi connectivity index (χ1) is 15.6. The second kappa shape index (κ2) is 8.79. The number of hydrogen-bond acceptors (Lipinski definition) is 6. The molecule has 1 aromatic heterocycles. The van der Waals surface area contributed by atoms with E-state index in [0.29, 0.717) is 40.0 Å². The fraction of sp³-hybridized carbons (Fsp3) is 0.348. The van der Waals surface area contributed by atoms with Crippen molar-refractivity contribution in [2.75, 3.05) is 10.6 Å². The quantitative estimate of drug-likeness (QED) is 0.517. The minimum atomic E-state index is -3.39. The first-order valence-electron chi connectivity index (χ1n) is 10.6. The van der Waals surface area contributed by atoms with Crippen LogP contribution in [0, 0.1) is 0 Å². The van der Waals surface area contributed by atoms with E-state index in [0.717, 1.165) is 5.56 Å². The summed E-state index contributed by atoms with van der Waals surface area (Å²) < 4.78 is 31.5. The van der Waals surface area contributed by atoms with Crippen molar-refractivity contribution < 1.29 is 17.6 Å². The van der Waals surface area contributed by atoms with E-state index in [1.807, 2.05) is 32.9 Å². The summed E-state index contributed by atoms with van der Waals surface area (Å²) in [5.41, 5.74) is 2.57. The molecule has 1 atom stereocenters. The van der Waals surface area contributed by atoms with Crippen LogP contribution in [0.3, 0.4) is 0 Å². The predicted octanol–water partition coefficient (Wildman–Crippen LogP) is 4.15. The lowest BCUT2D eigenvalue weighted by Crippen LogP contribution is -2.36. The first kappa shape index (κ1) is 23.3. The Morgan fingerprint density at radius 1 is 1.24 bits per heavy atom. The Labute approximate surface area is 198 Å². The zero-order chi connectivity index (χ0) is 23.9. The minimum Gasteiger partial charge on any atom is -0.419 e. The lowest BCUT2D eigenvalue weighted by atomic mass is 10.1. The van der Waals surface area contributed by atoms with Crippen molar-refractivity contribution in [3.05, 3.63) is 64.5 Å². The Kier molecular flexibility index (Phi) is 6.20. The largest absolute Gasteiger partial charge is 0.419 e. The van der Waals surface area contributed by atoms with Gasteiger partial charge in [-0.25, -0.2) is 8.42 Å². The summed E-state index contributed by atoms with van der Waals surface area (Å²) >= 11 is 6.22. The number of carbonyl (C=O) groups excluding carboxylic acids is 1. The third-order valence-electron chi connectivity index (χ3n) is 5.60. The van der Waals surface area contributed by atoms with Crippen LogP contribution in [0.5, 0.6) is 0 Å². The number of fused-ring (bicyclic) bond motifs is 1. The normalized spacial score (nSPS) is 15.7. The monoisotopic (exact) mass is 488 g/mol. The Morgan fingerprint density at radius 3 is 2.64 bits per heavy atom. The molecule has 2 aromatic carbocycles. The van der Waals surface area contributed by atoms with Gasteiger partial charge in [-0.2, -0.15) is 0 Å². The van der Waals surface area contributed by atoms with E-state index in [1.54, 1.807) is 35.2 Å². The van der Waals surface area contributed by atoms with Crippen molar-refractivity contribution in [1.82, 2.24) is 15.1 Å². The molecule has 0 saturated carbocycles. The van der Waals surface area contributed by atoms with Gasteiger partial charge in [0.15, 0.2) is 0 Å². The van der Waals surface area contributed by atoms with Crippen LogP contribution in [0.2, 0.25) is 5.02 Å². The lowest BCUT2D eigenvalue weighted by Gasteiger charge is -2.26. The maximum Gasteiger partial charge on any atom is 0.254 e. The third-order valence-corrected chi connectivity index (χ3v) is 7.20. The Hall–Kier alpha value is -2.91. The van der Waals surface area contributed by atoms with Gasteiger partial charge >= 0.3 is 0 Å². The number of benzene rings is 2. The number of nitrogens with zero attached hydrogens (tertiary/aromatic N) is 4. The maximum atomic E-state index is 13.4. The Balaban J connectivity index is 1.58. The van der Waals surface area contributed by atoms with E-state index in [1.165, 1.54) is 10.6 Å². The molecule has 2 heterocycles. The van der Waals surface area contributed by atoms with Gasteiger partial charge in [0.2, 0.25) is 21.8 Å². The molecule has 0 bridgehead atoms. The van der Waals surface area contributed by atoms with E-state index in [4.69, 9.17) is 16.0 Å². The molecule has 0 spiro atoms. The van der Waals surface area contributed by atoms with E-state index < -0.39 is 10.0 Å². The fourth-order valence-electron chi connectivity index (χ4n) is 4.10. The summed E-state index contributed by atoms with van der Waals surface area (Å²) in [6.07, 6.45) is 1.75. The van der Waals surface area contributed by atoms with Gasteiger partial charge in [-0.3, -0.25) is 9.10 Å². The van der Waals surface area contributed by atoms with E-state index in [-0.39, 0.29) is 24.5 Å². The van der Waals surface area contributed by atoms with E-state index in [2.05, 4.69) is 10.2 Å². The predicted molar refractivity (Wildman–Crippen MR) is 127 cm³/mol. The summed E-state index contributed by atoms with van der Waals surface area (Å²) in [6.45, 7) is 5.81. The van der Waals surface area contributed by atoms with Crippen molar-refractivity contribution in [3.63, 3.8) is 0 Å². The molecule has 0 aliphatic carbocycles. The Bertz CT molecular complexity index is 1310. The molecule has 10 heteroatoms. The second-order valence-corrected chi connectivity index (χ2v) is 10.7. The molecule has 3 aromatic rings. The van der Waals surface area contributed by atoms with Crippen LogP contribution in [0.25, 0.3) is 11.5 Å². The van der Waals surface area contributed by atoms with Gasteiger partial charge < -0.3 is 9.32 Å². The van der Waals surface area contributed by atoms with Crippen LogP contribution in [0.1, 0.15) is 42.6 Å². The van der Waals surface area contributed by atoms with E-state index in [9.17, 15) is 13.2 Å². The minimum absolute atomic E-state index is 0.132. The summed E-state index contributed by atoms with van der Waals surface area (Å²) in [5.74, 6) is 0.389. The third kappa shape index (κ3) is 4.60. The highest BCUT2D eigenvalue weighted by atomic mass is 35.5. The molecular formula is C23H25ClN4O4S. The standard InChI is InChI=1S/C23H25ClN4O4S/c1-14(2)27(13-21-25-26-22(32-21)18-7-5-6-8-19(18)24)23(29)16-9-10-20-17(12-16)11-15(3)28(20)33(4,30)31/h5-10,12,14-15H,11,13H2,1-4H3. The number of amides is 1. The molecule has 174 valence electrons. The van der Waals surface area contributed by atoms with Gasteiger partial charge in [-0.05, 0) is 63.1 Å². The topological polar surface area (TPSA) is 96.6 Å². The lowest BCUT2D eigenvalue weighted by molar-refractivity contribution is 0.0672. The summed E-state index contributed by atoms with van der Waals surface area (Å²) in [4.78, 5) is 15.0. The fourth-order valence-corrected chi connectivity index (χ4v) is 5.58. The SMILES string of the molecule is CC(C)N(Cc1nnc(-c2ccccc2Cl)o1)C(=O)c1ccc2c(c1)CC(C)N2S(C)(=O)=O. The van der Waals surface area contributed by atoms with Gasteiger partial charge in [0.25, 0.3) is 5.91 Å². The zero-order valence-electron chi connectivity index (χ0n) is 18.8. The highest BCUT2D eigenvalue weighted by molar-refractivity contribution is 7.92. The van der Waals surface area contributed by atoms with Gasteiger partial charge in [-0.1, -0.05) is 23.7 Å². The number of anilines is 1. The first-order valence-corrected chi connectivity index (χ1v) is 12.8. The summed E-state index contributed by atoms with van der Waals surface area (Å²) in [6, 6.07) is 12.0. The van der Waals surface area contributed by atoms with Crippen molar-refractivity contribution in [1.29, 1.82) is 0 Å². The average Bonchev–Trinajstić information content (AvgIpc) is 3.34. The van der Waals surface area contributed by atoms with Gasteiger partial charge in [0, 0.05) is 17.6 Å². The smallest absolute Gasteiger partial charge is 0.254 e. The summed E-state index contributed by atoms with van der Waals surface area (Å²) in [5, 5.41) is 8.67. The second-order valence-electron chi connectivity index (χ2n) is 8.46. The molecule has 0 radical (unpaired) electrons. The molecule has 0 N–H and O–H groups in total. The molecule has 1 aliphatic heterocycles. The molecular weight excluding hydrogens is 464 g/mol. The van der Waals surface area contributed by atoms with Gasteiger partial charge in [0.05, 0.1) is 29.1 Å². The van der Waals surface area contributed by atoms with Crippen molar-refractivity contribution in [2.24, 2.45) is 0 Å². The molecule has 1 unspecified atom stereocenters. The Morgan fingerprint density at radius 2 is 1.97 bits per heavy atom. The van der Waals surface area contributed by atoms with Crippen molar-refractivity contribution >= 4 is 33.2 Å². The number of rotatable bonds is 6. The number of sulfonamides is 1. The van der Waals surface area contributed by atoms with Gasteiger partial charge in [0.1, 0.15) is 0 Å². The van der Waals surface area contributed by atoms with Crippen molar-refractivity contribution in [3.8, 4) is 11.5 Å².